The van der Waals surface area contributed by atoms with Gasteiger partial charge in [0.05, 0.1) is 13.2 Å². The highest BCUT2D eigenvalue weighted by Gasteiger charge is 2.00. The SMILES string of the molecule is [CH2]COC(C)[CH]ONOC. The van der Waals surface area contributed by atoms with Crippen molar-refractivity contribution in [2.45, 2.75) is 13.0 Å². The first-order valence-corrected chi connectivity index (χ1v) is 2.99. The molecular weight excluding hydrogens is 134 g/mol. The molecule has 0 aromatic rings. The number of hydrogen-bond donors (Lipinski definition) is 1. The van der Waals surface area contributed by atoms with Gasteiger partial charge in [-0.15, -0.1) is 0 Å². The van der Waals surface area contributed by atoms with E-state index in [9.17, 15) is 0 Å². The van der Waals surface area contributed by atoms with Crippen LogP contribution in [0.3, 0.4) is 0 Å². The van der Waals surface area contributed by atoms with Gasteiger partial charge in [-0.2, -0.15) is 0 Å². The topological polar surface area (TPSA) is 39.7 Å². The van der Waals surface area contributed by atoms with Crippen LogP contribution in [0.5, 0.6) is 0 Å². The minimum absolute atomic E-state index is 0.0832. The van der Waals surface area contributed by atoms with E-state index in [0.29, 0.717) is 6.61 Å². The van der Waals surface area contributed by atoms with Crippen molar-refractivity contribution < 1.29 is 14.4 Å². The van der Waals surface area contributed by atoms with Gasteiger partial charge in [-0.3, -0.25) is 9.68 Å². The van der Waals surface area contributed by atoms with Gasteiger partial charge in [0, 0.05) is 6.61 Å². The third kappa shape index (κ3) is 5.97. The molecule has 4 nitrogen and oxygen atoms in total. The summed E-state index contributed by atoms with van der Waals surface area (Å²) in [7, 11) is 1.46. The second-order valence-electron chi connectivity index (χ2n) is 1.62. The molecule has 10 heavy (non-hydrogen) atoms. The zero-order chi connectivity index (χ0) is 7.82. The average molecular weight is 147 g/mol. The van der Waals surface area contributed by atoms with E-state index in [1.54, 1.807) is 0 Å². The Bertz CT molecular complexity index is 70.0. The predicted octanol–water partition coefficient (Wildman–Crippen LogP) is 0.470. The molecule has 60 valence electrons. The highest BCUT2D eigenvalue weighted by atomic mass is 16.9. The van der Waals surface area contributed by atoms with Crippen LogP contribution in [-0.2, 0) is 14.4 Å². The van der Waals surface area contributed by atoms with Gasteiger partial charge in [-0.25, -0.2) is 0 Å². The molecule has 0 amide bonds. The third-order valence-corrected chi connectivity index (χ3v) is 0.772. The van der Waals surface area contributed by atoms with E-state index >= 15 is 0 Å². The van der Waals surface area contributed by atoms with Crippen LogP contribution in [0.1, 0.15) is 6.92 Å². The fraction of sp³-hybridized carbons (Fsp3) is 0.667. The van der Waals surface area contributed by atoms with Crippen molar-refractivity contribution in [2.75, 3.05) is 13.7 Å². The Morgan fingerprint density at radius 3 is 2.90 bits per heavy atom. The van der Waals surface area contributed by atoms with Crippen LogP contribution in [0.25, 0.3) is 0 Å². The third-order valence-electron chi connectivity index (χ3n) is 0.772. The smallest absolute Gasteiger partial charge is 0.138 e. The molecule has 0 saturated carbocycles. The van der Waals surface area contributed by atoms with Crippen molar-refractivity contribution in [3.05, 3.63) is 13.5 Å². The summed E-state index contributed by atoms with van der Waals surface area (Å²) < 4.78 is 5.00. The van der Waals surface area contributed by atoms with Gasteiger partial charge in [-0.1, -0.05) is 5.64 Å². The maximum Gasteiger partial charge on any atom is 0.138 e. The van der Waals surface area contributed by atoms with Gasteiger partial charge in [0.25, 0.3) is 0 Å². The van der Waals surface area contributed by atoms with Crippen LogP contribution in [0, 0.1) is 13.5 Å². The molecule has 0 saturated heterocycles. The largest absolute Gasteiger partial charge is 0.376 e. The molecule has 4 heteroatoms. The van der Waals surface area contributed by atoms with Gasteiger partial charge in [0.1, 0.15) is 6.61 Å². The number of rotatable bonds is 6. The normalized spacial score (nSPS) is 13.5. The maximum atomic E-state index is 5.00. The molecule has 0 bridgehead atoms. The highest BCUT2D eigenvalue weighted by molar-refractivity contribution is 4.59. The second-order valence-corrected chi connectivity index (χ2v) is 1.62. The first-order valence-electron chi connectivity index (χ1n) is 2.99. The van der Waals surface area contributed by atoms with Gasteiger partial charge < -0.3 is 4.74 Å². The van der Waals surface area contributed by atoms with E-state index in [0.717, 1.165) is 0 Å². The fourth-order valence-electron chi connectivity index (χ4n) is 0.397. The van der Waals surface area contributed by atoms with E-state index in [1.165, 1.54) is 13.7 Å². The molecule has 0 aromatic carbocycles. The van der Waals surface area contributed by atoms with Crippen LogP contribution in [-0.4, -0.2) is 19.8 Å². The van der Waals surface area contributed by atoms with E-state index in [4.69, 9.17) is 4.74 Å². The van der Waals surface area contributed by atoms with Gasteiger partial charge in [-0.05, 0) is 13.8 Å². The predicted molar refractivity (Wildman–Crippen MR) is 36.3 cm³/mol. The first-order chi connectivity index (χ1) is 4.81. The summed E-state index contributed by atoms with van der Waals surface area (Å²) in [5.41, 5.74) is 2.18. The van der Waals surface area contributed by atoms with Crippen molar-refractivity contribution >= 4 is 0 Å². The summed E-state index contributed by atoms with van der Waals surface area (Å²) in [6.45, 7) is 7.23. The summed E-state index contributed by atoms with van der Waals surface area (Å²) in [6, 6.07) is 0. The summed E-state index contributed by atoms with van der Waals surface area (Å²) in [4.78, 5) is 9.04. The Balaban J connectivity index is 2.97. The van der Waals surface area contributed by atoms with Crippen molar-refractivity contribution in [3.63, 3.8) is 0 Å². The van der Waals surface area contributed by atoms with E-state index < -0.39 is 0 Å². The molecule has 2 radical (unpaired) electrons. The van der Waals surface area contributed by atoms with Crippen LogP contribution < -0.4 is 5.64 Å². The van der Waals surface area contributed by atoms with E-state index in [2.05, 4.69) is 22.2 Å². The molecule has 0 rings (SSSR count). The molecular formula is C6H13NO3. The second kappa shape index (κ2) is 6.95. The molecule has 1 N–H and O–H groups in total. The van der Waals surface area contributed by atoms with Crippen molar-refractivity contribution in [1.29, 1.82) is 0 Å². The van der Waals surface area contributed by atoms with Crippen molar-refractivity contribution in [1.82, 2.24) is 5.64 Å². The van der Waals surface area contributed by atoms with Gasteiger partial charge in [0.15, 0.2) is 0 Å². The molecule has 0 aliphatic rings. The van der Waals surface area contributed by atoms with Crippen LogP contribution in [0.2, 0.25) is 0 Å². The lowest BCUT2D eigenvalue weighted by atomic mass is 10.4. The maximum absolute atomic E-state index is 5.00. The number of hydrogen-bond acceptors (Lipinski definition) is 4. The molecule has 1 unspecified atom stereocenters. The number of ether oxygens (including phenoxy) is 1. The lowest BCUT2D eigenvalue weighted by Gasteiger charge is -2.09. The van der Waals surface area contributed by atoms with Crippen LogP contribution >= 0.6 is 0 Å². The standard InChI is InChI=1S/C6H13NO3/c1-4-9-6(2)5-10-7-8-3/h5-7H,1,4H2,2-3H3. The van der Waals surface area contributed by atoms with Gasteiger partial charge in [0.2, 0.25) is 0 Å². The van der Waals surface area contributed by atoms with Crippen LogP contribution in [0.4, 0.5) is 0 Å². The Kier molecular flexibility index (Phi) is 6.84. The van der Waals surface area contributed by atoms with Crippen molar-refractivity contribution in [2.24, 2.45) is 0 Å². The average Bonchev–Trinajstić information content (AvgIpc) is 1.89. The Morgan fingerprint density at radius 2 is 2.40 bits per heavy atom. The molecule has 0 aliphatic carbocycles. The van der Waals surface area contributed by atoms with E-state index in [-0.39, 0.29) is 6.10 Å². The quantitative estimate of drug-likeness (QED) is 0.438. The van der Waals surface area contributed by atoms with Crippen LogP contribution in [0.15, 0.2) is 0 Å². The van der Waals surface area contributed by atoms with E-state index in [1.807, 2.05) is 6.92 Å². The molecule has 0 heterocycles. The molecule has 0 aliphatic heterocycles. The lowest BCUT2D eigenvalue weighted by molar-refractivity contribution is -0.142. The zero-order valence-corrected chi connectivity index (χ0v) is 6.29. The Hall–Kier alpha value is -0.160. The fourth-order valence-corrected chi connectivity index (χ4v) is 0.397. The Labute approximate surface area is 61.4 Å². The Morgan fingerprint density at radius 1 is 1.70 bits per heavy atom. The molecule has 1 atom stereocenters. The summed E-state index contributed by atoms with van der Waals surface area (Å²) in [5.74, 6) is 0. The minimum atomic E-state index is -0.0832. The zero-order valence-electron chi connectivity index (χ0n) is 6.29. The monoisotopic (exact) mass is 147 g/mol. The highest BCUT2D eigenvalue weighted by Crippen LogP contribution is 1.94. The summed E-state index contributed by atoms with van der Waals surface area (Å²) in [6.07, 6.45) is -0.0832. The molecule has 0 fully saturated rings. The minimum Gasteiger partial charge on any atom is -0.376 e. The first kappa shape index (κ1) is 9.84. The summed E-state index contributed by atoms with van der Waals surface area (Å²) in [5, 5.41) is 0. The van der Waals surface area contributed by atoms with Crippen molar-refractivity contribution in [3.8, 4) is 0 Å². The van der Waals surface area contributed by atoms with Gasteiger partial charge >= 0.3 is 0 Å². The summed E-state index contributed by atoms with van der Waals surface area (Å²) >= 11 is 0. The number of nitrogens with one attached hydrogen (secondary N) is 1. The molecule has 0 aromatic heterocycles. The molecule has 0 spiro atoms. The lowest BCUT2D eigenvalue weighted by Crippen LogP contribution is -2.18.